The molecule has 0 heterocycles. The molecule has 0 radical (unpaired) electrons. The van der Waals surface area contributed by atoms with Gasteiger partial charge in [-0.25, -0.2) is 0 Å². The van der Waals surface area contributed by atoms with Gasteiger partial charge in [-0.2, -0.15) is 0 Å². The topological polar surface area (TPSA) is 34.1 Å². The van der Waals surface area contributed by atoms with Crippen LogP contribution in [-0.2, 0) is 9.59 Å². The molecule has 0 aliphatic heterocycles. The number of hydrogen-bond acceptors (Lipinski definition) is 2. The molecule has 0 bridgehead atoms. The summed E-state index contributed by atoms with van der Waals surface area (Å²) in [5.41, 5.74) is 0. The maximum Gasteiger partial charge on any atom is 2.00 e. The van der Waals surface area contributed by atoms with Crippen molar-refractivity contribution in [3.63, 3.8) is 0 Å². The van der Waals surface area contributed by atoms with Gasteiger partial charge in [0.15, 0.2) is 0 Å². The van der Waals surface area contributed by atoms with E-state index in [0.717, 1.165) is 6.42 Å². The van der Waals surface area contributed by atoms with E-state index in [9.17, 15) is 9.59 Å². The van der Waals surface area contributed by atoms with Gasteiger partial charge in [-0.3, -0.25) is 4.79 Å². The van der Waals surface area contributed by atoms with Gasteiger partial charge in [0.05, 0.1) is 6.42 Å². The van der Waals surface area contributed by atoms with Crippen LogP contribution >= 0.6 is 0 Å². The van der Waals surface area contributed by atoms with E-state index in [2.05, 4.69) is 0 Å². The fourth-order valence-corrected chi connectivity index (χ4v) is 0.474. The fraction of sp³-hybridized carbons (Fsp3) is 0.667. The number of hydrogen-bond donors (Lipinski definition) is 0. The summed E-state index contributed by atoms with van der Waals surface area (Å²) in [4.78, 5) is 20.1. The zero-order chi connectivity index (χ0) is 6.41. The molecule has 0 saturated carbocycles. The van der Waals surface area contributed by atoms with Crippen molar-refractivity contribution >= 4 is 61.0 Å². The van der Waals surface area contributed by atoms with Crippen molar-refractivity contribution in [2.24, 2.45) is 0 Å². The summed E-state index contributed by atoms with van der Waals surface area (Å²) in [5.74, 6) is 0.0440. The third-order valence-electron chi connectivity index (χ3n) is 0.840. The van der Waals surface area contributed by atoms with Crippen LogP contribution in [0.15, 0.2) is 0 Å². The first kappa shape index (κ1) is 12.6. The van der Waals surface area contributed by atoms with E-state index in [1.54, 1.807) is 0 Å². The van der Waals surface area contributed by atoms with E-state index in [1.165, 1.54) is 0 Å². The minimum Gasteiger partial charge on any atom is -1.00 e. The Balaban J connectivity index is -0.0000000817. The predicted octanol–water partition coefficient (Wildman–Crippen LogP) is 0.789. The molecule has 9 heavy (non-hydrogen) atoms. The van der Waals surface area contributed by atoms with Crippen molar-refractivity contribution in [2.75, 3.05) is 0 Å². The molecule has 0 N–H and O–H groups in total. The molecule has 0 aliphatic rings. The van der Waals surface area contributed by atoms with Crippen LogP contribution in [0.3, 0.4) is 0 Å². The molecule has 0 aliphatic carbocycles. The number of aldehydes is 1. The summed E-state index contributed by atoms with van der Waals surface area (Å²) in [5, 5.41) is 0. The molecule has 0 fully saturated rings. The molecule has 0 aromatic carbocycles. The van der Waals surface area contributed by atoms with E-state index >= 15 is 0 Å². The molecule has 0 aromatic rings. The van der Waals surface area contributed by atoms with Crippen LogP contribution in [0, 0.1) is 0 Å². The molecule has 0 aromatic heterocycles. The standard InChI is InChI=1S/C6H10O2.Ba.2H/c1-2-3-6(8)4-5-7;;;/h5H,2-4H2,1H3;;;/q;+2;2*-1. The molecular formula is C6H12BaO2. The Bertz CT molecular complexity index is 98.6. The number of ketones is 1. The minimum atomic E-state index is 0. The first-order valence-corrected chi connectivity index (χ1v) is 2.76. The molecular weight excluding hydrogens is 241 g/mol. The van der Waals surface area contributed by atoms with Gasteiger partial charge in [0, 0.05) is 6.42 Å². The smallest absolute Gasteiger partial charge is 1.00 e. The normalized spacial score (nSPS) is 7.67. The van der Waals surface area contributed by atoms with Gasteiger partial charge < -0.3 is 7.65 Å². The molecule has 2 nitrogen and oxygen atoms in total. The Morgan fingerprint density at radius 2 is 2.22 bits per heavy atom. The van der Waals surface area contributed by atoms with Crippen molar-refractivity contribution in [1.29, 1.82) is 0 Å². The van der Waals surface area contributed by atoms with E-state index in [0.29, 0.717) is 12.7 Å². The van der Waals surface area contributed by atoms with Gasteiger partial charge in [0.2, 0.25) is 0 Å². The zero-order valence-electron chi connectivity index (χ0n) is 7.72. The quantitative estimate of drug-likeness (QED) is 0.422. The van der Waals surface area contributed by atoms with E-state index in [-0.39, 0.29) is 63.9 Å². The Morgan fingerprint density at radius 1 is 1.67 bits per heavy atom. The van der Waals surface area contributed by atoms with Crippen LogP contribution < -0.4 is 0 Å². The maximum absolute atomic E-state index is 10.4. The average Bonchev–Trinajstić information content (AvgIpc) is 1.68. The van der Waals surface area contributed by atoms with Crippen LogP contribution in [0.1, 0.15) is 29.0 Å². The second-order valence-electron chi connectivity index (χ2n) is 1.66. The van der Waals surface area contributed by atoms with Crippen molar-refractivity contribution in [2.45, 2.75) is 26.2 Å². The number of Topliss-reactive ketones (excluding diaryl/α,β-unsaturated/α-hetero) is 1. The predicted molar refractivity (Wildman–Crippen MR) is 38.6 cm³/mol. The van der Waals surface area contributed by atoms with Crippen molar-refractivity contribution < 1.29 is 12.4 Å². The third kappa shape index (κ3) is 8.91. The van der Waals surface area contributed by atoms with Crippen LogP contribution in [0.2, 0.25) is 0 Å². The molecule has 0 saturated heterocycles. The summed E-state index contributed by atoms with van der Waals surface area (Å²) in [7, 11) is 0. The van der Waals surface area contributed by atoms with E-state index in [1.807, 2.05) is 6.92 Å². The Morgan fingerprint density at radius 3 is 2.56 bits per heavy atom. The summed E-state index contributed by atoms with van der Waals surface area (Å²) in [6.07, 6.45) is 2.12. The van der Waals surface area contributed by atoms with Gasteiger partial charge in [-0.1, -0.05) is 6.92 Å². The minimum absolute atomic E-state index is 0. The number of carbonyl (C=O) groups is 2. The maximum atomic E-state index is 10.4. The summed E-state index contributed by atoms with van der Waals surface area (Å²) >= 11 is 0. The molecule has 0 rings (SSSR count). The van der Waals surface area contributed by atoms with Gasteiger partial charge in [0.1, 0.15) is 12.1 Å². The van der Waals surface area contributed by atoms with E-state index in [4.69, 9.17) is 0 Å². The molecule has 0 amide bonds. The first-order chi connectivity index (χ1) is 3.81. The fourth-order valence-electron chi connectivity index (χ4n) is 0.474. The van der Waals surface area contributed by atoms with Crippen molar-refractivity contribution in [1.82, 2.24) is 0 Å². The third-order valence-corrected chi connectivity index (χ3v) is 0.840. The van der Waals surface area contributed by atoms with Crippen LogP contribution in [-0.4, -0.2) is 61.0 Å². The molecule has 0 atom stereocenters. The largest absolute Gasteiger partial charge is 2.00 e. The molecule has 3 heteroatoms. The Labute approximate surface area is 98.4 Å². The van der Waals surface area contributed by atoms with Gasteiger partial charge in [-0.15, -0.1) is 0 Å². The molecule has 0 unspecified atom stereocenters. The summed E-state index contributed by atoms with van der Waals surface area (Å²) < 4.78 is 0. The van der Waals surface area contributed by atoms with Gasteiger partial charge in [0.25, 0.3) is 0 Å². The molecule has 50 valence electrons. The summed E-state index contributed by atoms with van der Waals surface area (Å²) in [6.45, 7) is 1.92. The number of carbonyl (C=O) groups excluding carboxylic acids is 2. The molecule has 0 spiro atoms. The first-order valence-electron chi connectivity index (χ1n) is 2.76. The Kier molecular flexibility index (Phi) is 12.5. The van der Waals surface area contributed by atoms with Crippen molar-refractivity contribution in [3.8, 4) is 0 Å². The van der Waals surface area contributed by atoms with Crippen LogP contribution in [0.5, 0.6) is 0 Å². The van der Waals surface area contributed by atoms with Crippen LogP contribution in [0.25, 0.3) is 0 Å². The SMILES string of the molecule is CCCC(=O)CC=O.[Ba+2].[H-].[H-]. The van der Waals surface area contributed by atoms with Crippen molar-refractivity contribution in [3.05, 3.63) is 0 Å². The summed E-state index contributed by atoms with van der Waals surface area (Å²) in [6, 6.07) is 0. The zero-order valence-corrected chi connectivity index (χ0v) is 10.2. The Hall–Kier alpha value is 0.911. The second-order valence-corrected chi connectivity index (χ2v) is 1.66. The van der Waals surface area contributed by atoms with Crippen LogP contribution in [0.4, 0.5) is 0 Å². The second kappa shape index (κ2) is 8.91. The monoisotopic (exact) mass is 254 g/mol. The number of rotatable bonds is 4. The van der Waals surface area contributed by atoms with E-state index < -0.39 is 0 Å². The van der Waals surface area contributed by atoms with Gasteiger partial charge in [-0.05, 0) is 6.42 Å². The average molecular weight is 253 g/mol. The van der Waals surface area contributed by atoms with Gasteiger partial charge >= 0.3 is 48.9 Å².